The standard InChI is InChI=1S/C20H22N2O.ClH/c1-21-12-14-22(15-13-21)20(23)19(18-10-6-3-7-11-18)16-17-8-4-2-5-9-17;/h2-11,16H,12-15H2,1H3;1H/b19-16+;. The second-order valence-corrected chi connectivity index (χ2v) is 5.93. The van der Waals surface area contributed by atoms with Gasteiger partial charge in [0, 0.05) is 31.8 Å². The van der Waals surface area contributed by atoms with Crippen LogP contribution in [0, 0.1) is 0 Å². The van der Waals surface area contributed by atoms with Gasteiger partial charge in [-0.05, 0) is 24.3 Å². The van der Waals surface area contributed by atoms with Gasteiger partial charge in [-0.3, -0.25) is 4.79 Å². The molecule has 0 radical (unpaired) electrons. The normalized spacial score (nSPS) is 15.7. The first kappa shape index (κ1) is 18.2. The minimum absolute atomic E-state index is 0. The van der Waals surface area contributed by atoms with E-state index in [0.29, 0.717) is 0 Å². The highest BCUT2D eigenvalue weighted by Gasteiger charge is 2.22. The Balaban J connectivity index is 0.00000208. The van der Waals surface area contributed by atoms with Gasteiger partial charge < -0.3 is 9.80 Å². The van der Waals surface area contributed by atoms with Gasteiger partial charge in [0.25, 0.3) is 5.91 Å². The van der Waals surface area contributed by atoms with Crippen molar-refractivity contribution in [3.63, 3.8) is 0 Å². The molecule has 3 nitrogen and oxygen atoms in total. The van der Waals surface area contributed by atoms with E-state index in [4.69, 9.17) is 0 Å². The fourth-order valence-corrected chi connectivity index (χ4v) is 2.78. The van der Waals surface area contributed by atoms with Crippen LogP contribution in [0.4, 0.5) is 0 Å². The van der Waals surface area contributed by atoms with E-state index in [9.17, 15) is 4.79 Å². The Bertz CT molecular complexity index is 677. The number of benzene rings is 2. The first-order chi connectivity index (χ1) is 11.2. The van der Waals surface area contributed by atoms with Crippen LogP contribution in [0.25, 0.3) is 11.6 Å². The van der Waals surface area contributed by atoms with Crippen LogP contribution in [0.5, 0.6) is 0 Å². The van der Waals surface area contributed by atoms with Gasteiger partial charge in [-0.1, -0.05) is 60.7 Å². The number of carbonyl (C=O) groups excluding carboxylic acids is 1. The highest BCUT2D eigenvalue weighted by atomic mass is 35.5. The Hall–Kier alpha value is -2.10. The molecule has 1 aliphatic heterocycles. The summed E-state index contributed by atoms with van der Waals surface area (Å²) in [4.78, 5) is 17.3. The summed E-state index contributed by atoms with van der Waals surface area (Å²) in [5.74, 6) is 0.119. The molecule has 0 aromatic heterocycles. The maximum absolute atomic E-state index is 13.0. The summed E-state index contributed by atoms with van der Waals surface area (Å²) >= 11 is 0. The van der Waals surface area contributed by atoms with E-state index in [2.05, 4.69) is 11.9 Å². The predicted octanol–water partition coefficient (Wildman–Crippen LogP) is 3.42. The molecule has 1 amide bonds. The minimum atomic E-state index is 0. The van der Waals surface area contributed by atoms with Crippen molar-refractivity contribution in [2.24, 2.45) is 0 Å². The third kappa shape index (κ3) is 4.47. The molecule has 0 saturated carbocycles. The van der Waals surface area contributed by atoms with Crippen molar-refractivity contribution in [3.8, 4) is 0 Å². The molecule has 2 aromatic rings. The zero-order valence-corrected chi connectivity index (χ0v) is 14.7. The molecular weight excluding hydrogens is 320 g/mol. The molecule has 2 aromatic carbocycles. The lowest BCUT2D eigenvalue weighted by Crippen LogP contribution is -2.47. The molecule has 24 heavy (non-hydrogen) atoms. The molecule has 0 unspecified atom stereocenters. The third-order valence-electron chi connectivity index (χ3n) is 4.22. The minimum Gasteiger partial charge on any atom is -0.336 e. The third-order valence-corrected chi connectivity index (χ3v) is 4.22. The van der Waals surface area contributed by atoms with E-state index in [1.54, 1.807) is 0 Å². The maximum Gasteiger partial charge on any atom is 0.254 e. The summed E-state index contributed by atoms with van der Waals surface area (Å²) < 4.78 is 0. The SMILES string of the molecule is CN1CCN(C(=O)/C(=C/c2ccccc2)c2ccccc2)CC1.Cl. The summed E-state index contributed by atoms with van der Waals surface area (Å²) in [7, 11) is 2.10. The van der Waals surface area contributed by atoms with Crippen molar-refractivity contribution in [1.29, 1.82) is 0 Å². The molecular formula is C20H23ClN2O. The molecule has 0 aliphatic carbocycles. The number of hydrogen-bond acceptors (Lipinski definition) is 2. The second kappa shape index (κ2) is 8.67. The quantitative estimate of drug-likeness (QED) is 0.630. The van der Waals surface area contributed by atoms with Gasteiger partial charge in [-0.15, -0.1) is 12.4 Å². The molecule has 126 valence electrons. The second-order valence-electron chi connectivity index (χ2n) is 5.93. The topological polar surface area (TPSA) is 23.6 Å². The first-order valence-corrected chi connectivity index (χ1v) is 8.04. The van der Waals surface area contributed by atoms with Gasteiger partial charge in [0.05, 0.1) is 0 Å². The van der Waals surface area contributed by atoms with Crippen molar-refractivity contribution in [3.05, 3.63) is 71.8 Å². The summed E-state index contributed by atoms with van der Waals surface area (Å²) in [5.41, 5.74) is 2.79. The van der Waals surface area contributed by atoms with Gasteiger partial charge in [0.15, 0.2) is 0 Å². The Morgan fingerprint density at radius 2 is 1.42 bits per heavy atom. The molecule has 1 saturated heterocycles. The lowest BCUT2D eigenvalue weighted by molar-refractivity contribution is -0.126. The number of nitrogens with zero attached hydrogens (tertiary/aromatic N) is 2. The van der Waals surface area contributed by atoms with Crippen LogP contribution in [0.15, 0.2) is 60.7 Å². The zero-order chi connectivity index (χ0) is 16.1. The number of halogens is 1. The van der Waals surface area contributed by atoms with Crippen molar-refractivity contribution in [2.45, 2.75) is 0 Å². The summed E-state index contributed by atoms with van der Waals surface area (Å²) in [6.45, 7) is 3.43. The van der Waals surface area contributed by atoms with Crippen molar-refractivity contribution in [1.82, 2.24) is 9.80 Å². The summed E-state index contributed by atoms with van der Waals surface area (Å²) in [6, 6.07) is 20.0. The highest BCUT2D eigenvalue weighted by Crippen LogP contribution is 2.21. The van der Waals surface area contributed by atoms with Gasteiger partial charge >= 0.3 is 0 Å². The molecule has 0 bridgehead atoms. The number of hydrogen-bond donors (Lipinski definition) is 0. The van der Waals surface area contributed by atoms with Gasteiger partial charge in [-0.25, -0.2) is 0 Å². The zero-order valence-electron chi connectivity index (χ0n) is 13.9. The van der Waals surface area contributed by atoms with Crippen LogP contribution in [-0.2, 0) is 4.79 Å². The molecule has 0 N–H and O–H groups in total. The van der Waals surface area contributed by atoms with Crippen LogP contribution in [0.1, 0.15) is 11.1 Å². The molecule has 0 atom stereocenters. The van der Waals surface area contributed by atoms with Crippen molar-refractivity contribution in [2.75, 3.05) is 33.2 Å². The fraction of sp³-hybridized carbons (Fsp3) is 0.250. The largest absolute Gasteiger partial charge is 0.336 e. The van der Waals surface area contributed by atoms with E-state index >= 15 is 0 Å². The van der Waals surface area contributed by atoms with Crippen LogP contribution >= 0.6 is 12.4 Å². The Kier molecular flexibility index (Phi) is 6.59. The smallest absolute Gasteiger partial charge is 0.254 e. The molecule has 1 aliphatic rings. The van der Waals surface area contributed by atoms with Crippen LogP contribution in [0.2, 0.25) is 0 Å². The lowest BCUT2D eigenvalue weighted by Gasteiger charge is -2.33. The first-order valence-electron chi connectivity index (χ1n) is 8.04. The van der Waals surface area contributed by atoms with Gasteiger partial charge in [0.2, 0.25) is 0 Å². The lowest BCUT2D eigenvalue weighted by atomic mass is 10.0. The van der Waals surface area contributed by atoms with Crippen molar-refractivity contribution >= 4 is 30.0 Å². The number of rotatable bonds is 3. The monoisotopic (exact) mass is 342 g/mol. The Morgan fingerprint density at radius 3 is 2.00 bits per heavy atom. The average Bonchev–Trinajstić information content (AvgIpc) is 2.61. The molecule has 4 heteroatoms. The molecule has 3 rings (SSSR count). The van der Waals surface area contributed by atoms with Crippen LogP contribution in [-0.4, -0.2) is 48.9 Å². The van der Waals surface area contributed by atoms with E-state index in [1.165, 1.54) is 0 Å². The summed E-state index contributed by atoms with van der Waals surface area (Å²) in [6.07, 6.45) is 2.00. The van der Waals surface area contributed by atoms with E-state index in [1.807, 2.05) is 71.6 Å². The maximum atomic E-state index is 13.0. The van der Waals surface area contributed by atoms with Crippen LogP contribution < -0.4 is 0 Å². The highest BCUT2D eigenvalue weighted by molar-refractivity contribution is 6.24. The summed E-state index contributed by atoms with van der Waals surface area (Å²) in [5, 5.41) is 0. The Labute approximate surface area is 150 Å². The Morgan fingerprint density at radius 1 is 0.875 bits per heavy atom. The fourth-order valence-electron chi connectivity index (χ4n) is 2.78. The van der Waals surface area contributed by atoms with E-state index in [-0.39, 0.29) is 18.3 Å². The van der Waals surface area contributed by atoms with E-state index < -0.39 is 0 Å². The number of amides is 1. The van der Waals surface area contributed by atoms with Gasteiger partial charge in [-0.2, -0.15) is 0 Å². The van der Waals surface area contributed by atoms with Crippen LogP contribution in [0.3, 0.4) is 0 Å². The number of piperazine rings is 1. The number of likely N-dealkylation sites (N-methyl/N-ethyl adjacent to an activating group) is 1. The average molecular weight is 343 g/mol. The predicted molar refractivity (Wildman–Crippen MR) is 102 cm³/mol. The van der Waals surface area contributed by atoms with E-state index in [0.717, 1.165) is 42.9 Å². The molecule has 1 fully saturated rings. The number of carbonyl (C=O) groups is 1. The van der Waals surface area contributed by atoms with Gasteiger partial charge in [0.1, 0.15) is 0 Å². The molecule has 0 spiro atoms. The van der Waals surface area contributed by atoms with Crippen molar-refractivity contribution < 1.29 is 4.79 Å². The molecule has 1 heterocycles.